The minimum Gasteiger partial charge on any atom is -0.309 e. The van der Waals surface area contributed by atoms with Crippen molar-refractivity contribution in [1.82, 2.24) is 14.1 Å². The van der Waals surface area contributed by atoms with Crippen molar-refractivity contribution in [2.75, 3.05) is 5.75 Å². The lowest BCUT2D eigenvalue weighted by molar-refractivity contribution is 0.869. The van der Waals surface area contributed by atoms with Crippen LogP contribution in [0.25, 0.3) is 55.1 Å². The molecule has 36 heavy (non-hydrogen) atoms. The van der Waals surface area contributed by atoms with Gasteiger partial charge in [0.05, 0.1) is 22.1 Å². The number of benzene rings is 4. The molecule has 3 aromatic heterocycles. The highest BCUT2D eigenvalue weighted by atomic mass is 32.2. The number of nitrogens with zero attached hydrogens (tertiary/aromatic N) is 3. The SMILES string of the molecule is CC1CSc2cnc(-n3c4ccccc4c4cc(-n5c6ccccc6c6ccccc65)ccc43)cc21. The molecule has 3 nitrogen and oxygen atoms in total. The van der Waals surface area contributed by atoms with Crippen molar-refractivity contribution in [2.45, 2.75) is 17.7 Å². The van der Waals surface area contributed by atoms with Crippen LogP contribution >= 0.6 is 11.8 Å². The van der Waals surface area contributed by atoms with Gasteiger partial charge in [0.15, 0.2) is 0 Å². The van der Waals surface area contributed by atoms with E-state index in [1.165, 1.54) is 59.8 Å². The number of hydrogen-bond donors (Lipinski definition) is 0. The highest BCUT2D eigenvalue weighted by Gasteiger charge is 2.22. The molecule has 1 unspecified atom stereocenters. The van der Waals surface area contributed by atoms with E-state index < -0.39 is 0 Å². The first kappa shape index (κ1) is 20.2. The van der Waals surface area contributed by atoms with Crippen LogP contribution in [-0.2, 0) is 0 Å². The second-order valence-electron chi connectivity index (χ2n) is 9.72. The number of pyridine rings is 1. The van der Waals surface area contributed by atoms with Gasteiger partial charge in [0, 0.05) is 44.1 Å². The molecule has 0 bridgehead atoms. The molecular formula is C32H23N3S. The van der Waals surface area contributed by atoms with Gasteiger partial charge in [-0.2, -0.15) is 0 Å². The Morgan fingerprint density at radius 2 is 1.25 bits per heavy atom. The summed E-state index contributed by atoms with van der Waals surface area (Å²) in [6, 6.07) is 35.2. The fourth-order valence-electron chi connectivity index (χ4n) is 5.93. The number of hydrogen-bond acceptors (Lipinski definition) is 2. The van der Waals surface area contributed by atoms with Crippen molar-refractivity contribution in [2.24, 2.45) is 0 Å². The van der Waals surface area contributed by atoms with E-state index >= 15 is 0 Å². The monoisotopic (exact) mass is 481 g/mol. The third-order valence-corrected chi connectivity index (χ3v) is 8.95. The maximum absolute atomic E-state index is 4.92. The summed E-state index contributed by atoms with van der Waals surface area (Å²) < 4.78 is 4.72. The molecule has 4 aromatic carbocycles. The highest BCUT2D eigenvalue weighted by Crippen LogP contribution is 2.41. The second-order valence-corrected chi connectivity index (χ2v) is 10.8. The summed E-state index contributed by atoms with van der Waals surface area (Å²) in [5.74, 6) is 2.69. The summed E-state index contributed by atoms with van der Waals surface area (Å²) in [6.45, 7) is 2.31. The molecular weight excluding hydrogens is 458 g/mol. The van der Waals surface area contributed by atoms with Gasteiger partial charge in [-0.15, -0.1) is 11.8 Å². The third kappa shape index (κ3) is 2.73. The second kappa shape index (κ2) is 7.49. The van der Waals surface area contributed by atoms with Crippen LogP contribution in [0.4, 0.5) is 0 Å². The predicted molar refractivity (Wildman–Crippen MR) is 152 cm³/mol. The van der Waals surface area contributed by atoms with E-state index in [-0.39, 0.29) is 0 Å². The van der Waals surface area contributed by atoms with Crippen molar-refractivity contribution < 1.29 is 0 Å². The Morgan fingerprint density at radius 1 is 0.667 bits per heavy atom. The summed E-state index contributed by atoms with van der Waals surface area (Å²) in [5.41, 5.74) is 7.43. The molecule has 0 saturated heterocycles. The molecule has 7 aromatic rings. The number of aromatic nitrogens is 3. The summed E-state index contributed by atoms with van der Waals surface area (Å²) in [4.78, 5) is 6.24. The van der Waals surface area contributed by atoms with Gasteiger partial charge in [0.1, 0.15) is 5.82 Å². The quantitative estimate of drug-likeness (QED) is 0.247. The molecule has 172 valence electrons. The average Bonchev–Trinajstić information content (AvgIpc) is 3.58. The zero-order chi connectivity index (χ0) is 23.8. The Kier molecular flexibility index (Phi) is 4.20. The maximum Gasteiger partial charge on any atom is 0.137 e. The van der Waals surface area contributed by atoms with Crippen LogP contribution in [0.1, 0.15) is 18.4 Å². The predicted octanol–water partition coefficient (Wildman–Crippen LogP) is 8.49. The van der Waals surface area contributed by atoms with Crippen LogP contribution in [-0.4, -0.2) is 19.9 Å². The fourth-order valence-corrected chi connectivity index (χ4v) is 7.09. The lowest BCUT2D eigenvalue weighted by atomic mass is 10.1. The first-order valence-electron chi connectivity index (χ1n) is 12.4. The van der Waals surface area contributed by atoms with Crippen molar-refractivity contribution in [1.29, 1.82) is 0 Å². The van der Waals surface area contributed by atoms with Gasteiger partial charge in [-0.05, 0) is 53.9 Å². The molecule has 0 saturated carbocycles. The first-order valence-corrected chi connectivity index (χ1v) is 13.4. The van der Waals surface area contributed by atoms with Gasteiger partial charge in [-0.1, -0.05) is 61.5 Å². The third-order valence-electron chi connectivity index (χ3n) is 7.63. The normalized spacial score (nSPS) is 15.4. The Balaban J connectivity index is 1.43. The Bertz CT molecular complexity index is 1920. The lowest BCUT2D eigenvalue weighted by Gasteiger charge is -2.11. The molecule has 1 aliphatic heterocycles. The average molecular weight is 482 g/mol. The van der Waals surface area contributed by atoms with E-state index in [4.69, 9.17) is 4.98 Å². The summed E-state index contributed by atoms with van der Waals surface area (Å²) >= 11 is 1.92. The molecule has 0 N–H and O–H groups in total. The molecule has 4 heteroatoms. The molecule has 1 atom stereocenters. The molecule has 0 aliphatic carbocycles. The fraction of sp³-hybridized carbons (Fsp3) is 0.0938. The lowest BCUT2D eigenvalue weighted by Crippen LogP contribution is -2.00. The summed E-state index contributed by atoms with van der Waals surface area (Å²) in [6.07, 6.45) is 2.06. The molecule has 0 radical (unpaired) electrons. The molecule has 0 amide bonds. The van der Waals surface area contributed by atoms with E-state index in [9.17, 15) is 0 Å². The maximum atomic E-state index is 4.92. The van der Waals surface area contributed by atoms with Gasteiger partial charge >= 0.3 is 0 Å². The number of rotatable bonds is 2. The zero-order valence-corrected chi connectivity index (χ0v) is 20.7. The van der Waals surface area contributed by atoms with Crippen molar-refractivity contribution in [3.8, 4) is 11.5 Å². The molecule has 8 rings (SSSR count). The van der Waals surface area contributed by atoms with Gasteiger partial charge in [0.2, 0.25) is 0 Å². The Hall–Kier alpha value is -4.02. The molecule has 4 heterocycles. The van der Waals surface area contributed by atoms with Crippen molar-refractivity contribution in [3.05, 3.63) is 109 Å². The number of para-hydroxylation sites is 3. The van der Waals surface area contributed by atoms with Crippen LogP contribution < -0.4 is 0 Å². The van der Waals surface area contributed by atoms with Crippen LogP contribution in [0.2, 0.25) is 0 Å². The zero-order valence-electron chi connectivity index (χ0n) is 19.8. The minimum atomic E-state index is 0.557. The number of thioether (sulfide) groups is 1. The standard InChI is InChI=1S/C32H23N3S/c1-20-19-36-31-18-33-32(17-25(20)31)35-29-13-7-4-10-24(29)26-16-21(14-15-30(26)35)34-27-11-5-2-8-22(27)23-9-3-6-12-28(23)34/h2-18,20H,19H2,1H3. The smallest absolute Gasteiger partial charge is 0.137 e. The van der Waals surface area contributed by atoms with E-state index in [0.29, 0.717) is 5.92 Å². The number of fused-ring (bicyclic) bond motifs is 7. The van der Waals surface area contributed by atoms with Crippen molar-refractivity contribution >= 4 is 55.4 Å². The van der Waals surface area contributed by atoms with E-state index in [1.54, 1.807) is 0 Å². The van der Waals surface area contributed by atoms with Crippen LogP contribution in [0.3, 0.4) is 0 Å². The largest absolute Gasteiger partial charge is 0.309 e. The topological polar surface area (TPSA) is 22.8 Å². The van der Waals surface area contributed by atoms with Crippen LogP contribution in [0.15, 0.2) is 108 Å². The van der Waals surface area contributed by atoms with Crippen LogP contribution in [0.5, 0.6) is 0 Å². The minimum absolute atomic E-state index is 0.557. The molecule has 1 aliphatic rings. The first-order chi connectivity index (χ1) is 17.8. The molecule has 0 spiro atoms. The van der Waals surface area contributed by atoms with E-state index in [0.717, 1.165) is 11.6 Å². The van der Waals surface area contributed by atoms with Gasteiger partial charge < -0.3 is 4.57 Å². The van der Waals surface area contributed by atoms with Gasteiger partial charge in [0.25, 0.3) is 0 Å². The Morgan fingerprint density at radius 3 is 1.94 bits per heavy atom. The molecule has 0 fully saturated rings. The van der Waals surface area contributed by atoms with Gasteiger partial charge in [-0.25, -0.2) is 4.98 Å². The van der Waals surface area contributed by atoms with Crippen LogP contribution in [0, 0.1) is 0 Å². The van der Waals surface area contributed by atoms with E-state index in [1.807, 2.05) is 11.8 Å². The summed E-state index contributed by atoms with van der Waals surface area (Å²) in [7, 11) is 0. The highest BCUT2D eigenvalue weighted by molar-refractivity contribution is 7.99. The van der Waals surface area contributed by atoms with Crippen molar-refractivity contribution in [3.63, 3.8) is 0 Å². The van der Waals surface area contributed by atoms with E-state index in [2.05, 4.69) is 119 Å². The summed E-state index contributed by atoms with van der Waals surface area (Å²) in [5, 5.41) is 5.06. The van der Waals surface area contributed by atoms with Gasteiger partial charge in [-0.3, -0.25) is 4.57 Å². The Labute approximate surface area is 213 Å².